The molecule has 0 radical (unpaired) electrons. The molecule has 3 heteroatoms. The number of carbonyl (C=O) groups excluding carboxylic acids is 1. The standard InChI is InChI=1S/C11H14ClNO/c1-2-13-7-10(8-14)9-3-5-11(12)6-4-9/h3-6,8,10,13H,2,7H2,1H3. The van der Waals surface area contributed by atoms with Crippen molar-refractivity contribution in [1.82, 2.24) is 5.32 Å². The molecule has 0 bridgehead atoms. The number of nitrogens with one attached hydrogen (secondary N) is 1. The van der Waals surface area contributed by atoms with Gasteiger partial charge in [-0.15, -0.1) is 0 Å². The summed E-state index contributed by atoms with van der Waals surface area (Å²) >= 11 is 5.76. The molecule has 1 unspecified atom stereocenters. The molecule has 1 atom stereocenters. The molecular formula is C11H14ClNO. The first-order chi connectivity index (χ1) is 6.77. The van der Waals surface area contributed by atoms with Crippen molar-refractivity contribution in [1.29, 1.82) is 0 Å². The number of benzene rings is 1. The Kier molecular flexibility index (Phi) is 4.63. The van der Waals surface area contributed by atoms with Gasteiger partial charge in [0.1, 0.15) is 6.29 Å². The predicted octanol–water partition coefficient (Wildman–Crippen LogP) is 2.23. The van der Waals surface area contributed by atoms with E-state index in [4.69, 9.17) is 11.6 Å². The largest absolute Gasteiger partial charge is 0.316 e. The number of halogens is 1. The second kappa shape index (κ2) is 5.78. The molecule has 0 spiro atoms. The summed E-state index contributed by atoms with van der Waals surface area (Å²) in [5.74, 6) is -0.0767. The zero-order valence-corrected chi connectivity index (χ0v) is 8.92. The maximum Gasteiger partial charge on any atom is 0.128 e. The minimum Gasteiger partial charge on any atom is -0.316 e. The van der Waals surface area contributed by atoms with Gasteiger partial charge in [0.05, 0.1) is 5.92 Å². The molecular weight excluding hydrogens is 198 g/mol. The normalized spacial score (nSPS) is 12.4. The van der Waals surface area contributed by atoms with Gasteiger partial charge in [-0.1, -0.05) is 30.7 Å². The van der Waals surface area contributed by atoms with Crippen LogP contribution in [0.3, 0.4) is 0 Å². The lowest BCUT2D eigenvalue weighted by molar-refractivity contribution is -0.109. The quantitative estimate of drug-likeness (QED) is 0.757. The van der Waals surface area contributed by atoms with Crippen molar-refractivity contribution in [3.05, 3.63) is 34.9 Å². The van der Waals surface area contributed by atoms with Crippen LogP contribution in [-0.2, 0) is 4.79 Å². The molecule has 0 fully saturated rings. The van der Waals surface area contributed by atoms with E-state index >= 15 is 0 Å². The summed E-state index contributed by atoms with van der Waals surface area (Å²) in [5, 5.41) is 3.84. The van der Waals surface area contributed by atoms with Crippen LogP contribution in [0.2, 0.25) is 5.02 Å². The lowest BCUT2D eigenvalue weighted by Crippen LogP contribution is -2.21. The van der Waals surface area contributed by atoms with Crippen LogP contribution in [-0.4, -0.2) is 19.4 Å². The molecule has 0 aliphatic carbocycles. The third kappa shape index (κ3) is 3.13. The molecule has 1 rings (SSSR count). The Labute approximate surface area is 89.3 Å². The molecule has 0 amide bonds. The minimum absolute atomic E-state index is 0.0767. The van der Waals surface area contributed by atoms with Crippen LogP contribution >= 0.6 is 11.6 Å². The highest BCUT2D eigenvalue weighted by Gasteiger charge is 2.08. The van der Waals surface area contributed by atoms with Crippen LogP contribution < -0.4 is 5.32 Å². The van der Waals surface area contributed by atoms with Crippen molar-refractivity contribution in [2.45, 2.75) is 12.8 Å². The maximum atomic E-state index is 10.8. The lowest BCUT2D eigenvalue weighted by atomic mass is 10.0. The highest BCUT2D eigenvalue weighted by Crippen LogP contribution is 2.16. The summed E-state index contributed by atoms with van der Waals surface area (Å²) in [5.41, 5.74) is 1.00. The maximum absolute atomic E-state index is 10.8. The number of carbonyl (C=O) groups is 1. The molecule has 0 saturated carbocycles. The minimum atomic E-state index is -0.0767. The fourth-order valence-electron chi connectivity index (χ4n) is 1.25. The van der Waals surface area contributed by atoms with Gasteiger partial charge in [-0.3, -0.25) is 0 Å². The molecule has 1 N–H and O–H groups in total. The highest BCUT2D eigenvalue weighted by atomic mass is 35.5. The van der Waals surface area contributed by atoms with Gasteiger partial charge in [0.2, 0.25) is 0 Å². The van der Waals surface area contributed by atoms with Crippen molar-refractivity contribution < 1.29 is 4.79 Å². The van der Waals surface area contributed by atoms with Gasteiger partial charge in [-0.05, 0) is 24.2 Å². The number of hydrogen-bond acceptors (Lipinski definition) is 2. The monoisotopic (exact) mass is 211 g/mol. The Hall–Kier alpha value is -0.860. The van der Waals surface area contributed by atoms with Crippen LogP contribution in [0.1, 0.15) is 18.4 Å². The first-order valence-electron chi connectivity index (χ1n) is 4.69. The summed E-state index contributed by atoms with van der Waals surface area (Å²) in [7, 11) is 0. The van der Waals surface area contributed by atoms with Crippen molar-refractivity contribution in [3.63, 3.8) is 0 Å². The molecule has 0 heterocycles. The van der Waals surface area contributed by atoms with E-state index in [0.29, 0.717) is 11.6 Å². The Morgan fingerprint density at radius 2 is 2.07 bits per heavy atom. The summed E-state index contributed by atoms with van der Waals surface area (Å²) in [4.78, 5) is 10.8. The van der Waals surface area contributed by atoms with Crippen LogP contribution in [0.4, 0.5) is 0 Å². The fourth-order valence-corrected chi connectivity index (χ4v) is 1.38. The number of hydrogen-bond donors (Lipinski definition) is 1. The average Bonchev–Trinajstić information content (AvgIpc) is 2.21. The second-order valence-corrected chi connectivity index (χ2v) is 3.54. The first kappa shape index (κ1) is 11.2. The van der Waals surface area contributed by atoms with Gasteiger partial charge in [0, 0.05) is 11.6 Å². The Morgan fingerprint density at radius 1 is 1.43 bits per heavy atom. The lowest BCUT2D eigenvalue weighted by Gasteiger charge is -2.10. The van der Waals surface area contributed by atoms with E-state index in [1.807, 2.05) is 19.1 Å². The van der Waals surface area contributed by atoms with Crippen molar-refractivity contribution >= 4 is 17.9 Å². The van der Waals surface area contributed by atoms with E-state index in [-0.39, 0.29) is 5.92 Å². The summed E-state index contributed by atoms with van der Waals surface area (Å²) in [6.45, 7) is 3.57. The van der Waals surface area contributed by atoms with Gasteiger partial charge >= 0.3 is 0 Å². The number of rotatable bonds is 5. The molecule has 1 aromatic rings. The molecule has 1 aromatic carbocycles. The summed E-state index contributed by atoms with van der Waals surface area (Å²) in [6, 6.07) is 7.39. The van der Waals surface area contributed by atoms with Crippen molar-refractivity contribution in [3.8, 4) is 0 Å². The van der Waals surface area contributed by atoms with Gasteiger partial charge in [-0.25, -0.2) is 0 Å². The molecule has 0 aromatic heterocycles. The van der Waals surface area contributed by atoms with Crippen LogP contribution in [0.25, 0.3) is 0 Å². The third-order valence-corrected chi connectivity index (χ3v) is 2.33. The zero-order valence-electron chi connectivity index (χ0n) is 8.16. The fraction of sp³-hybridized carbons (Fsp3) is 0.364. The topological polar surface area (TPSA) is 29.1 Å². The average molecular weight is 212 g/mol. The second-order valence-electron chi connectivity index (χ2n) is 3.10. The van der Waals surface area contributed by atoms with E-state index in [9.17, 15) is 4.79 Å². The van der Waals surface area contributed by atoms with Crippen molar-refractivity contribution in [2.75, 3.05) is 13.1 Å². The highest BCUT2D eigenvalue weighted by molar-refractivity contribution is 6.30. The molecule has 0 saturated heterocycles. The van der Waals surface area contributed by atoms with E-state index in [0.717, 1.165) is 18.4 Å². The van der Waals surface area contributed by atoms with E-state index < -0.39 is 0 Å². The summed E-state index contributed by atoms with van der Waals surface area (Å²) < 4.78 is 0. The van der Waals surface area contributed by atoms with E-state index in [2.05, 4.69) is 5.32 Å². The van der Waals surface area contributed by atoms with Crippen LogP contribution in [0.15, 0.2) is 24.3 Å². The molecule has 2 nitrogen and oxygen atoms in total. The number of aldehydes is 1. The van der Waals surface area contributed by atoms with Gasteiger partial charge < -0.3 is 10.1 Å². The van der Waals surface area contributed by atoms with Gasteiger partial charge in [0.15, 0.2) is 0 Å². The Morgan fingerprint density at radius 3 is 2.57 bits per heavy atom. The van der Waals surface area contributed by atoms with Gasteiger partial charge in [-0.2, -0.15) is 0 Å². The SMILES string of the molecule is CCNCC(C=O)c1ccc(Cl)cc1. The van der Waals surface area contributed by atoms with Crippen LogP contribution in [0.5, 0.6) is 0 Å². The molecule has 76 valence electrons. The zero-order chi connectivity index (χ0) is 10.4. The van der Waals surface area contributed by atoms with E-state index in [1.165, 1.54) is 0 Å². The predicted molar refractivity (Wildman–Crippen MR) is 58.8 cm³/mol. The summed E-state index contributed by atoms with van der Waals surface area (Å²) in [6.07, 6.45) is 0.964. The molecule has 0 aliphatic rings. The van der Waals surface area contributed by atoms with Gasteiger partial charge in [0.25, 0.3) is 0 Å². The third-order valence-electron chi connectivity index (χ3n) is 2.08. The molecule has 14 heavy (non-hydrogen) atoms. The van der Waals surface area contributed by atoms with Crippen molar-refractivity contribution in [2.24, 2.45) is 0 Å². The number of likely N-dealkylation sites (N-methyl/N-ethyl adjacent to an activating group) is 1. The van der Waals surface area contributed by atoms with E-state index in [1.54, 1.807) is 12.1 Å². The van der Waals surface area contributed by atoms with Crippen LogP contribution in [0, 0.1) is 0 Å². The smallest absolute Gasteiger partial charge is 0.128 e. The first-order valence-corrected chi connectivity index (χ1v) is 5.07. The molecule has 0 aliphatic heterocycles. The Balaban J connectivity index is 2.68. The Bertz CT molecular complexity index is 284.